The fraction of sp³-hybridized carbons (Fsp3) is 0.474. The molecule has 0 amide bonds. The van der Waals surface area contributed by atoms with E-state index in [-0.39, 0.29) is 0 Å². The average Bonchev–Trinajstić information content (AvgIpc) is 3.17. The van der Waals surface area contributed by atoms with Crippen LogP contribution in [0.3, 0.4) is 0 Å². The van der Waals surface area contributed by atoms with E-state index >= 15 is 0 Å². The molecule has 0 N–H and O–H groups in total. The largest absolute Gasteiger partial charge is 0.356 e. The molecule has 2 saturated heterocycles. The summed E-state index contributed by atoms with van der Waals surface area (Å²) >= 11 is 6.27. The third-order valence-electron chi connectivity index (χ3n) is 5.15. The van der Waals surface area contributed by atoms with Crippen LogP contribution in [-0.4, -0.2) is 36.1 Å². The van der Waals surface area contributed by atoms with Gasteiger partial charge in [0.25, 0.3) is 0 Å². The Morgan fingerprint density at radius 1 is 0.875 bits per heavy atom. The number of benzene rings is 1. The van der Waals surface area contributed by atoms with Crippen molar-refractivity contribution in [1.29, 1.82) is 0 Å². The van der Waals surface area contributed by atoms with E-state index in [0.717, 1.165) is 50.8 Å². The molecule has 2 aliphatic heterocycles. The van der Waals surface area contributed by atoms with Gasteiger partial charge < -0.3 is 9.80 Å². The number of piperidine rings is 1. The first kappa shape index (κ1) is 15.7. The summed E-state index contributed by atoms with van der Waals surface area (Å²) in [7, 11) is 0. The molecule has 2 aromatic rings. The maximum Gasteiger partial charge on any atom is 0.228 e. The van der Waals surface area contributed by atoms with Crippen LogP contribution in [0.1, 0.15) is 37.2 Å². The second-order valence-corrected chi connectivity index (χ2v) is 7.10. The highest BCUT2D eigenvalue weighted by Crippen LogP contribution is 2.30. The predicted molar refractivity (Wildman–Crippen MR) is 99.1 cm³/mol. The molecule has 0 bridgehead atoms. The zero-order valence-corrected chi connectivity index (χ0v) is 14.6. The first-order valence-electron chi connectivity index (χ1n) is 8.89. The van der Waals surface area contributed by atoms with Crippen molar-refractivity contribution in [3.05, 3.63) is 47.1 Å². The molecular formula is C19H23ClN4. The molecule has 0 spiro atoms. The Morgan fingerprint density at radius 3 is 2.29 bits per heavy atom. The lowest BCUT2D eigenvalue weighted by Gasteiger charge is -2.32. The normalized spacial score (nSPS) is 19.0. The molecule has 2 fully saturated rings. The second-order valence-electron chi connectivity index (χ2n) is 6.72. The monoisotopic (exact) mass is 342 g/mol. The summed E-state index contributed by atoms with van der Waals surface area (Å²) in [6, 6.07) is 12.7. The highest BCUT2D eigenvalue weighted by Gasteiger charge is 2.23. The Kier molecular flexibility index (Phi) is 4.56. The van der Waals surface area contributed by atoms with E-state index in [2.05, 4.69) is 45.1 Å². The Balaban J connectivity index is 1.47. The Labute approximate surface area is 148 Å². The Morgan fingerprint density at radius 2 is 1.58 bits per heavy atom. The number of anilines is 2. The third-order valence-corrected chi connectivity index (χ3v) is 5.34. The zero-order chi connectivity index (χ0) is 16.4. The van der Waals surface area contributed by atoms with Crippen molar-refractivity contribution in [3.63, 3.8) is 0 Å². The standard InChI is InChI=1S/C19H23ClN4/c20-17-14-18(23-10-4-5-11-23)22-19(21-17)24-12-8-16(9-13-24)15-6-2-1-3-7-15/h1-3,6-7,14,16H,4-5,8-13H2. The van der Waals surface area contributed by atoms with Gasteiger partial charge in [0.1, 0.15) is 11.0 Å². The molecule has 3 heterocycles. The second kappa shape index (κ2) is 6.98. The van der Waals surface area contributed by atoms with Gasteiger partial charge in [-0.15, -0.1) is 0 Å². The van der Waals surface area contributed by atoms with Gasteiger partial charge in [-0.3, -0.25) is 0 Å². The predicted octanol–water partition coefficient (Wildman–Crippen LogP) is 4.11. The van der Waals surface area contributed by atoms with Crippen molar-refractivity contribution in [3.8, 4) is 0 Å². The molecule has 5 heteroatoms. The van der Waals surface area contributed by atoms with Gasteiger partial charge in [0.2, 0.25) is 5.95 Å². The minimum absolute atomic E-state index is 0.548. The number of rotatable bonds is 3. The van der Waals surface area contributed by atoms with Crippen molar-refractivity contribution in [2.45, 2.75) is 31.6 Å². The van der Waals surface area contributed by atoms with Crippen LogP contribution < -0.4 is 9.80 Å². The van der Waals surface area contributed by atoms with Gasteiger partial charge in [0, 0.05) is 32.2 Å². The SMILES string of the molecule is Clc1cc(N2CCCC2)nc(N2CCC(c3ccccc3)CC2)n1. The molecule has 0 radical (unpaired) electrons. The summed E-state index contributed by atoms with van der Waals surface area (Å²) < 4.78 is 0. The molecule has 126 valence electrons. The van der Waals surface area contributed by atoms with E-state index in [1.54, 1.807) is 0 Å². The fourth-order valence-corrected chi connectivity index (χ4v) is 3.95. The van der Waals surface area contributed by atoms with E-state index in [1.165, 1.54) is 18.4 Å². The van der Waals surface area contributed by atoms with E-state index in [0.29, 0.717) is 11.1 Å². The molecule has 0 unspecified atom stereocenters. The maximum atomic E-state index is 6.27. The number of aromatic nitrogens is 2. The molecular weight excluding hydrogens is 320 g/mol. The van der Waals surface area contributed by atoms with Crippen molar-refractivity contribution in [2.24, 2.45) is 0 Å². The van der Waals surface area contributed by atoms with Crippen LogP contribution >= 0.6 is 11.6 Å². The maximum absolute atomic E-state index is 6.27. The van der Waals surface area contributed by atoms with Gasteiger partial charge >= 0.3 is 0 Å². The van der Waals surface area contributed by atoms with Crippen LogP contribution in [0, 0.1) is 0 Å². The first-order valence-corrected chi connectivity index (χ1v) is 9.27. The van der Waals surface area contributed by atoms with Crippen LogP contribution in [0.15, 0.2) is 36.4 Å². The number of hydrogen-bond donors (Lipinski definition) is 0. The molecule has 1 aromatic carbocycles. The van der Waals surface area contributed by atoms with Crippen molar-refractivity contribution in [2.75, 3.05) is 36.0 Å². The lowest BCUT2D eigenvalue weighted by atomic mass is 9.90. The highest BCUT2D eigenvalue weighted by molar-refractivity contribution is 6.29. The number of hydrogen-bond acceptors (Lipinski definition) is 4. The van der Waals surface area contributed by atoms with E-state index in [9.17, 15) is 0 Å². The van der Waals surface area contributed by atoms with Crippen molar-refractivity contribution in [1.82, 2.24) is 9.97 Å². The van der Waals surface area contributed by atoms with Crippen LogP contribution in [0.25, 0.3) is 0 Å². The molecule has 2 aliphatic rings. The van der Waals surface area contributed by atoms with Crippen LogP contribution in [0.5, 0.6) is 0 Å². The van der Waals surface area contributed by atoms with Gasteiger partial charge in [-0.25, -0.2) is 4.98 Å². The van der Waals surface area contributed by atoms with Crippen LogP contribution in [-0.2, 0) is 0 Å². The smallest absolute Gasteiger partial charge is 0.228 e. The first-order chi connectivity index (χ1) is 11.8. The summed E-state index contributed by atoms with van der Waals surface area (Å²) in [4.78, 5) is 13.9. The molecule has 1 aromatic heterocycles. The van der Waals surface area contributed by atoms with Crippen LogP contribution in [0.4, 0.5) is 11.8 Å². The highest BCUT2D eigenvalue weighted by atomic mass is 35.5. The van der Waals surface area contributed by atoms with Crippen molar-refractivity contribution >= 4 is 23.4 Å². The molecule has 24 heavy (non-hydrogen) atoms. The van der Waals surface area contributed by atoms with Gasteiger partial charge in [-0.1, -0.05) is 41.9 Å². The molecule has 4 nitrogen and oxygen atoms in total. The zero-order valence-electron chi connectivity index (χ0n) is 13.9. The lowest BCUT2D eigenvalue weighted by molar-refractivity contribution is 0.499. The molecule has 0 atom stereocenters. The quantitative estimate of drug-likeness (QED) is 0.786. The summed E-state index contributed by atoms with van der Waals surface area (Å²) in [5.41, 5.74) is 1.45. The van der Waals surface area contributed by atoms with Gasteiger partial charge in [-0.05, 0) is 37.2 Å². The van der Waals surface area contributed by atoms with Crippen LogP contribution in [0.2, 0.25) is 5.15 Å². The number of nitrogens with zero attached hydrogens (tertiary/aromatic N) is 4. The summed E-state index contributed by atoms with van der Waals surface area (Å²) in [5, 5.41) is 0.548. The van der Waals surface area contributed by atoms with E-state index in [4.69, 9.17) is 16.6 Å². The minimum atomic E-state index is 0.548. The minimum Gasteiger partial charge on any atom is -0.356 e. The molecule has 0 saturated carbocycles. The Hall–Kier alpha value is -1.81. The van der Waals surface area contributed by atoms with Crippen molar-refractivity contribution < 1.29 is 0 Å². The summed E-state index contributed by atoms with van der Waals surface area (Å²) in [6.45, 7) is 4.12. The van der Waals surface area contributed by atoms with Gasteiger partial charge in [0.05, 0.1) is 0 Å². The lowest BCUT2D eigenvalue weighted by Crippen LogP contribution is -2.34. The summed E-state index contributed by atoms with van der Waals surface area (Å²) in [5.74, 6) is 2.41. The molecule has 4 rings (SSSR count). The topological polar surface area (TPSA) is 32.3 Å². The average molecular weight is 343 g/mol. The van der Waals surface area contributed by atoms with E-state index < -0.39 is 0 Å². The van der Waals surface area contributed by atoms with E-state index in [1.807, 2.05) is 6.07 Å². The fourth-order valence-electron chi connectivity index (χ4n) is 3.78. The van der Waals surface area contributed by atoms with Gasteiger partial charge in [0.15, 0.2) is 0 Å². The third kappa shape index (κ3) is 3.34. The molecule has 0 aliphatic carbocycles. The summed E-state index contributed by atoms with van der Waals surface area (Å²) in [6.07, 6.45) is 4.75. The van der Waals surface area contributed by atoms with Gasteiger partial charge in [-0.2, -0.15) is 4.98 Å². The number of halogens is 1. The Bertz CT molecular complexity index is 677.